The first-order chi connectivity index (χ1) is 11.1. The maximum Gasteiger partial charge on any atom is 0.252 e. The third-order valence-corrected chi connectivity index (χ3v) is 4.26. The number of hydrogen-bond acceptors (Lipinski definition) is 2. The number of benzene rings is 2. The minimum atomic E-state index is -0.00751. The zero-order valence-electron chi connectivity index (χ0n) is 13.5. The maximum atomic E-state index is 12.1. The van der Waals surface area contributed by atoms with Gasteiger partial charge in [0.05, 0.1) is 11.7 Å². The molecule has 1 N–H and O–H groups in total. The van der Waals surface area contributed by atoms with Crippen molar-refractivity contribution in [2.75, 3.05) is 6.54 Å². The molecule has 0 radical (unpaired) electrons. The number of aryl methyl sites for hydroxylation is 1. The van der Waals surface area contributed by atoms with E-state index in [0.29, 0.717) is 6.54 Å². The van der Waals surface area contributed by atoms with Gasteiger partial charge in [0.2, 0.25) is 0 Å². The van der Waals surface area contributed by atoms with E-state index in [0.717, 1.165) is 27.7 Å². The van der Waals surface area contributed by atoms with E-state index >= 15 is 0 Å². The van der Waals surface area contributed by atoms with Gasteiger partial charge in [-0.15, -0.1) is 0 Å². The van der Waals surface area contributed by atoms with Crippen LogP contribution in [-0.2, 0) is 6.42 Å². The average molecular weight is 423 g/mol. The topological polar surface area (TPSA) is 38.3 Å². The van der Waals surface area contributed by atoms with Gasteiger partial charge in [-0.05, 0) is 79.1 Å². The lowest BCUT2D eigenvalue weighted by atomic mass is 10.1. The van der Waals surface area contributed by atoms with Crippen molar-refractivity contribution in [3.63, 3.8) is 0 Å². The van der Waals surface area contributed by atoms with Crippen LogP contribution in [0.25, 0.3) is 0 Å². The van der Waals surface area contributed by atoms with Gasteiger partial charge in [-0.25, -0.2) is 0 Å². The summed E-state index contributed by atoms with van der Waals surface area (Å²) in [5.41, 5.74) is 1.96. The van der Waals surface area contributed by atoms with Crippen LogP contribution in [-0.4, -0.2) is 18.6 Å². The third-order valence-electron chi connectivity index (χ3n) is 3.32. The molecular weight excluding hydrogens is 401 g/mol. The monoisotopic (exact) mass is 423 g/mol. The number of amides is 1. The quantitative estimate of drug-likeness (QED) is 0.528. The fourth-order valence-electron chi connectivity index (χ4n) is 2.28. The van der Waals surface area contributed by atoms with Crippen molar-refractivity contribution in [2.45, 2.75) is 32.8 Å². The van der Waals surface area contributed by atoms with E-state index in [9.17, 15) is 4.79 Å². The lowest BCUT2D eigenvalue weighted by molar-refractivity contribution is 0.0952. The molecule has 2 rings (SSSR count). The standard InChI is InChI=1S/C19H22INO2/c1-14(2)23-16-9-5-7-15(13-16)8-6-12-21-19(22)17-10-3-4-11-18(17)20/h3-5,7,9-11,13-14H,6,8,12H2,1-2H3,(H,21,22). The molecule has 0 aliphatic rings. The summed E-state index contributed by atoms with van der Waals surface area (Å²) in [6, 6.07) is 15.8. The van der Waals surface area contributed by atoms with Crippen LogP contribution in [0, 0.1) is 3.57 Å². The summed E-state index contributed by atoms with van der Waals surface area (Å²) in [6.45, 7) is 4.71. The molecule has 2 aromatic carbocycles. The third kappa shape index (κ3) is 5.86. The molecular formula is C19H22INO2. The predicted octanol–water partition coefficient (Wildman–Crippen LogP) is 4.44. The highest BCUT2D eigenvalue weighted by atomic mass is 127. The van der Waals surface area contributed by atoms with Crippen LogP contribution in [0.2, 0.25) is 0 Å². The molecule has 0 aliphatic heterocycles. The van der Waals surface area contributed by atoms with Crippen LogP contribution in [0.1, 0.15) is 36.2 Å². The highest BCUT2D eigenvalue weighted by Crippen LogP contribution is 2.16. The van der Waals surface area contributed by atoms with Crippen molar-refractivity contribution >= 4 is 28.5 Å². The Labute approximate surface area is 151 Å². The van der Waals surface area contributed by atoms with E-state index in [2.05, 4.69) is 40.0 Å². The molecule has 1 amide bonds. The van der Waals surface area contributed by atoms with Gasteiger partial charge >= 0.3 is 0 Å². The minimum absolute atomic E-state index is 0.00751. The van der Waals surface area contributed by atoms with Crippen molar-refractivity contribution in [3.8, 4) is 5.75 Å². The molecule has 0 heterocycles. The summed E-state index contributed by atoms with van der Waals surface area (Å²) >= 11 is 2.18. The van der Waals surface area contributed by atoms with Crippen molar-refractivity contribution in [1.29, 1.82) is 0 Å². The molecule has 4 heteroatoms. The van der Waals surface area contributed by atoms with Gasteiger partial charge in [0.1, 0.15) is 5.75 Å². The smallest absolute Gasteiger partial charge is 0.252 e. The molecule has 0 spiro atoms. The average Bonchev–Trinajstić information content (AvgIpc) is 2.51. The van der Waals surface area contributed by atoms with Gasteiger partial charge in [-0.3, -0.25) is 4.79 Å². The van der Waals surface area contributed by atoms with Crippen molar-refractivity contribution in [2.24, 2.45) is 0 Å². The number of ether oxygens (including phenoxy) is 1. The molecule has 122 valence electrons. The normalized spacial score (nSPS) is 10.6. The minimum Gasteiger partial charge on any atom is -0.491 e. The van der Waals surface area contributed by atoms with Gasteiger partial charge in [-0.2, -0.15) is 0 Å². The number of hydrogen-bond donors (Lipinski definition) is 1. The van der Waals surface area contributed by atoms with Gasteiger partial charge in [0, 0.05) is 10.1 Å². The Hall–Kier alpha value is -1.56. The van der Waals surface area contributed by atoms with Gasteiger partial charge in [0.15, 0.2) is 0 Å². The van der Waals surface area contributed by atoms with E-state index in [1.165, 1.54) is 5.56 Å². The van der Waals surface area contributed by atoms with E-state index in [1.54, 1.807) is 0 Å². The summed E-state index contributed by atoms with van der Waals surface area (Å²) in [5.74, 6) is 0.896. The van der Waals surface area contributed by atoms with E-state index < -0.39 is 0 Å². The van der Waals surface area contributed by atoms with Crippen LogP contribution in [0.4, 0.5) is 0 Å². The number of carbonyl (C=O) groups is 1. The number of rotatable bonds is 7. The van der Waals surface area contributed by atoms with Crippen LogP contribution >= 0.6 is 22.6 Å². The first-order valence-electron chi connectivity index (χ1n) is 7.84. The molecule has 0 saturated carbocycles. The first-order valence-corrected chi connectivity index (χ1v) is 8.92. The molecule has 0 fully saturated rings. The second-order valence-corrected chi connectivity index (χ2v) is 6.82. The Morgan fingerprint density at radius 3 is 2.70 bits per heavy atom. The van der Waals surface area contributed by atoms with Gasteiger partial charge in [-0.1, -0.05) is 24.3 Å². The maximum absolute atomic E-state index is 12.1. The predicted molar refractivity (Wildman–Crippen MR) is 102 cm³/mol. The van der Waals surface area contributed by atoms with Crippen LogP contribution in [0.3, 0.4) is 0 Å². The Morgan fingerprint density at radius 2 is 1.96 bits per heavy atom. The molecule has 0 aromatic heterocycles. The number of halogens is 1. The Kier molecular flexibility index (Phi) is 6.89. The lowest BCUT2D eigenvalue weighted by Gasteiger charge is -2.11. The second kappa shape index (κ2) is 8.91. The molecule has 23 heavy (non-hydrogen) atoms. The van der Waals surface area contributed by atoms with Gasteiger partial charge < -0.3 is 10.1 Å². The lowest BCUT2D eigenvalue weighted by Crippen LogP contribution is -2.25. The molecule has 0 bridgehead atoms. The molecule has 3 nitrogen and oxygen atoms in total. The fourth-order valence-corrected chi connectivity index (χ4v) is 2.91. The summed E-state index contributed by atoms with van der Waals surface area (Å²) in [5, 5.41) is 2.98. The summed E-state index contributed by atoms with van der Waals surface area (Å²) in [4.78, 5) is 12.1. The van der Waals surface area contributed by atoms with Crippen molar-refractivity contribution in [1.82, 2.24) is 5.32 Å². The number of nitrogens with one attached hydrogen (secondary N) is 1. The Bertz CT molecular complexity index is 655. The van der Waals surface area contributed by atoms with Crippen LogP contribution < -0.4 is 10.1 Å². The summed E-state index contributed by atoms with van der Waals surface area (Å²) in [7, 11) is 0. The van der Waals surface area contributed by atoms with Crippen LogP contribution in [0.5, 0.6) is 5.75 Å². The fraction of sp³-hybridized carbons (Fsp3) is 0.316. The van der Waals surface area contributed by atoms with E-state index in [1.807, 2.05) is 50.2 Å². The molecule has 2 aromatic rings. The largest absolute Gasteiger partial charge is 0.491 e. The summed E-state index contributed by atoms with van der Waals surface area (Å²) < 4.78 is 6.67. The highest BCUT2D eigenvalue weighted by Gasteiger charge is 2.08. The molecule has 0 atom stereocenters. The first kappa shape index (κ1) is 17.8. The SMILES string of the molecule is CC(C)Oc1cccc(CCCNC(=O)c2ccccc2I)c1. The van der Waals surface area contributed by atoms with Crippen molar-refractivity contribution in [3.05, 3.63) is 63.2 Å². The summed E-state index contributed by atoms with van der Waals surface area (Å²) in [6.07, 6.45) is 2.00. The molecule has 0 saturated heterocycles. The molecule has 0 unspecified atom stereocenters. The Balaban J connectivity index is 1.79. The van der Waals surface area contributed by atoms with Crippen molar-refractivity contribution < 1.29 is 9.53 Å². The van der Waals surface area contributed by atoms with E-state index in [4.69, 9.17) is 4.74 Å². The zero-order chi connectivity index (χ0) is 16.7. The Morgan fingerprint density at radius 1 is 1.17 bits per heavy atom. The molecule has 0 aliphatic carbocycles. The number of carbonyl (C=O) groups excluding carboxylic acids is 1. The van der Waals surface area contributed by atoms with Gasteiger partial charge in [0.25, 0.3) is 5.91 Å². The van der Waals surface area contributed by atoms with E-state index in [-0.39, 0.29) is 12.0 Å². The highest BCUT2D eigenvalue weighted by molar-refractivity contribution is 14.1. The van der Waals surface area contributed by atoms with Crippen LogP contribution in [0.15, 0.2) is 48.5 Å². The zero-order valence-corrected chi connectivity index (χ0v) is 15.7. The second-order valence-electron chi connectivity index (χ2n) is 5.65.